The van der Waals surface area contributed by atoms with Gasteiger partial charge in [0.05, 0.1) is 5.60 Å². The summed E-state index contributed by atoms with van der Waals surface area (Å²) in [5, 5.41) is 8.03. The van der Waals surface area contributed by atoms with Crippen LogP contribution in [0.3, 0.4) is 0 Å². The summed E-state index contributed by atoms with van der Waals surface area (Å²) in [5.74, 6) is 1.14. The second kappa shape index (κ2) is 8.15. The first kappa shape index (κ1) is 21.4. The van der Waals surface area contributed by atoms with Crippen molar-refractivity contribution in [3.63, 3.8) is 0 Å². The van der Waals surface area contributed by atoms with Crippen LogP contribution in [0.5, 0.6) is 0 Å². The Hall–Kier alpha value is -2.45. The highest BCUT2D eigenvalue weighted by Crippen LogP contribution is 2.39. The highest BCUT2D eigenvalue weighted by molar-refractivity contribution is 5.53. The van der Waals surface area contributed by atoms with E-state index >= 15 is 0 Å². The van der Waals surface area contributed by atoms with Gasteiger partial charge in [-0.2, -0.15) is 13.2 Å². The van der Waals surface area contributed by atoms with Crippen molar-refractivity contribution in [2.45, 2.75) is 50.4 Å². The molecule has 0 N–H and O–H groups in total. The van der Waals surface area contributed by atoms with E-state index in [4.69, 9.17) is 4.74 Å². The number of halogens is 3. The van der Waals surface area contributed by atoms with E-state index in [1.165, 1.54) is 4.40 Å². The summed E-state index contributed by atoms with van der Waals surface area (Å²) in [6.45, 7) is 1.54. The van der Waals surface area contributed by atoms with Gasteiger partial charge in [0, 0.05) is 39.4 Å². The lowest BCUT2D eigenvalue weighted by Gasteiger charge is -2.41. The van der Waals surface area contributed by atoms with Gasteiger partial charge in [0.1, 0.15) is 11.4 Å². The highest BCUT2D eigenvalue weighted by atomic mass is 19.4. The molecule has 0 unspecified atom stereocenters. The van der Waals surface area contributed by atoms with Crippen LogP contribution in [-0.2, 0) is 29.5 Å². The molecule has 3 aromatic rings. The molecule has 2 aromatic heterocycles. The second-order valence-electron chi connectivity index (χ2n) is 9.01. The van der Waals surface area contributed by atoms with Crippen LogP contribution in [0.15, 0.2) is 42.6 Å². The van der Waals surface area contributed by atoms with E-state index in [-0.39, 0.29) is 23.4 Å². The normalized spacial score (nSPS) is 19.5. The van der Waals surface area contributed by atoms with Crippen LogP contribution in [0, 0.1) is 5.92 Å². The summed E-state index contributed by atoms with van der Waals surface area (Å²) in [5.41, 5.74) is 0.227. The van der Waals surface area contributed by atoms with Crippen LogP contribution in [0.1, 0.15) is 48.2 Å². The first-order valence-electron chi connectivity index (χ1n) is 11.2. The number of methoxy groups -OCH3 is 1. The fourth-order valence-electron chi connectivity index (χ4n) is 4.87. The molecule has 0 amide bonds. The monoisotopic (exact) mass is 444 g/mol. The van der Waals surface area contributed by atoms with Gasteiger partial charge in [0.25, 0.3) is 0 Å². The van der Waals surface area contributed by atoms with Crippen molar-refractivity contribution in [3.05, 3.63) is 65.1 Å². The van der Waals surface area contributed by atoms with Gasteiger partial charge in [-0.05, 0) is 48.8 Å². The van der Waals surface area contributed by atoms with E-state index in [0.29, 0.717) is 31.3 Å². The van der Waals surface area contributed by atoms with Crippen molar-refractivity contribution < 1.29 is 17.9 Å². The molecule has 1 saturated carbocycles. The maximum absolute atomic E-state index is 14.1. The molecule has 32 heavy (non-hydrogen) atoms. The number of fused-ring (bicyclic) bond motifs is 1. The van der Waals surface area contributed by atoms with Crippen LogP contribution in [0.25, 0.3) is 5.65 Å². The molecule has 5 nitrogen and oxygen atoms in total. The lowest BCUT2D eigenvalue weighted by atomic mass is 9.84. The summed E-state index contributed by atoms with van der Waals surface area (Å²) < 4.78 is 49.7. The van der Waals surface area contributed by atoms with Crippen LogP contribution in [-0.4, -0.2) is 39.7 Å². The molecule has 1 aromatic carbocycles. The van der Waals surface area contributed by atoms with Crippen LogP contribution >= 0.6 is 0 Å². The van der Waals surface area contributed by atoms with Gasteiger partial charge in [-0.15, -0.1) is 10.2 Å². The van der Waals surface area contributed by atoms with Gasteiger partial charge in [0.2, 0.25) is 0 Å². The zero-order valence-corrected chi connectivity index (χ0v) is 18.1. The number of rotatable bonds is 6. The maximum Gasteiger partial charge on any atom is 0.420 e. The van der Waals surface area contributed by atoms with E-state index in [1.54, 1.807) is 19.4 Å². The van der Waals surface area contributed by atoms with Crippen molar-refractivity contribution in [1.29, 1.82) is 0 Å². The van der Waals surface area contributed by atoms with Crippen LogP contribution in [0.2, 0.25) is 0 Å². The topological polar surface area (TPSA) is 42.7 Å². The molecule has 170 valence electrons. The minimum absolute atomic E-state index is 0.0850. The van der Waals surface area contributed by atoms with Gasteiger partial charge in [0.15, 0.2) is 5.65 Å². The van der Waals surface area contributed by atoms with Crippen molar-refractivity contribution in [2.75, 3.05) is 20.2 Å². The molecule has 0 spiro atoms. The molecule has 0 atom stereocenters. The summed E-state index contributed by atoms with van der Waals surface area (Å²) >= 11 is 0. The average Bonchev–Trinajstić information content (AvgIpc) is 3.52. The molecule has 1 aliphatic carbocycles. The minimum atomic E-state index is -4.49. The first-order valence-corrected chi connectivity index (χ1v) is 11.2. The van der Waals surface area contributed by atoms with Gasteiger partial charge < -0.3 is 4.74 Å². The quantitative estimate of drug-likeness (QED) is 0.546. The van der Waals surface area contributed by atoms with Crippen molar-refractivity contribution in [2.24, 2.45) is 5.92 Å². The van der Waals surface area contributed by atoms with E-state index < -0.39 is 11.7 Å². The number of alkyl halides is 3. The highest BCUT2D eigenvalue weighted by Gasteiger charge is 2.40. The molecule has 0 bridgehead atoms. The van der Waals surface area contributed by atoms with Crippen LogP contribution in [0.4, 0.5) is 13.2 Å². The average molecular weight is 445 g/mol. The Morgan fingerprint density at radius 2 is 1.78 bits per heavy atom. The first-order chi connectivity index (χ1) is 15.4. The summed E-state index contributed by atoms with van der Waals surface area (Å²) in [6.07, 6.45) is 1.58. The van der Waals surface area contributed by atoms with Crippen LogP contribution < -0.4 is 0 Å². The zero-order chi connectivity index (χ0) is 22.3. The third-order valence-corrected chi connectivity index (χ3v) is 6.94. The Balaban J connectivity index is 1.38. The molecule has 1 aliphatic heterocycles. The zero-order valence-electron chi connectivity index (χ0n) is 18.1. The Labute approximate surface area is 185 Å². The fourth-order valence-corrected chi connectivity index (χ4v) is 4.87. The third kappa shape index (κ3) is 4.01. The van der Waals surface area contributed by atoms with Crippen molar-refractivity contribution in [3.8, 4) is 0 Å². The van der Waals surface area contributed by atoms with Crippen molar-refractivity contribution in [1.82, 2.24) is 19.5 Å². The third-order valence-electron chi connectivity index (χ3n) is 6.94. The van der Waals surface area contributed by atoms with Gasteiger partial charge in [-0.1, -0.05) is 30.3 Å². The molecular weight excluding hydrogens is 417 g/mol. The predicted molar refractivity (Wildman–Crippen MR) is 114 cm³/mol. The molecule has 2 fully saturated rings. The molecule has 3 heterocycles. The number of benzene rings is 1. The largest absolute Gasteiger partial charge is 0.420 e. The standard InChI is InChI=1S/C24H27F3N4O/c1-32-23(19-5-3-2-4-6-19)10-13-30(14-11-23)16-18-9-12-31-20(15-17-7-8-17)28-29-22(31)21(18)24(25,26)27/h2-6,9,12,17H,7-8,10-11,13-16H2,1H3. The van der Waals surface area contributed by atoms with Gasteiger partial charge in [-0.25, -0.2) is 0 Å². The lowest BCUT2D eigenvalue weighted by molar-refractivity contribution is -0.137. The lowest BCUT2D eigenvalue weighted by Crippen LogP contribution is -2.43. The number of hydrogen-bond donors (Lipinski definition) is 0. The number of nitrogens with zero attached hydrogens (tertiary/aromatic N) is 4. The predicted octanol–water partition coefficient (Wildman–Crippen LogP) is 4.84. The fraction of sp³-hybridized carbons (Fsp3) is 0.500. The molecule has 2 aliphatic rings. The number of ether oxygens (including phenoxy) is 1. The number of hydrogen-bond acceptors (Lipinski definition) is 4. The Morgan fingerprint density at radius 3 is 2.41 bits per heavy atom. The van der Waals surface area contributed by atoms with E-state index in [2.05, 4.69) is 27.2 Å². The summed E-state index contributed by atoms with van der Waals surface area (Å²) in [6, 6.07) is 11.6. The molecule has 1 saturated heterocycles. The number of pyridine rings is 1. The SMILES string of the molecule is COC1(c2ccccc2)CCN(Cc2ccn3c(CC4CC4)nnc3c2C(F)(F)F)CC1. The smallest absolute Gasteiger partial charge is 0.373 e. The minimum Gasteiger partial charge on any atom is -0.373 e. The summed E-state index contributed by atoms with van der Waals surface area (Å²) in [7, 11) is 1.71. The number of piperidine rings is 1. The molecular formula is C24H27F3N4O. The van der Waals surface area contributed by atoms with E-state index in [9.17, 15) is 13.2 Å². The van der Waals surface area contributed by atoms with E-state index in [0.717, 1.165) is 31.2 Å². The maximum atomic E-state index is 14.1. The Morgan fingerprint density at radius 1 is 1.06 bits per heavy atom. The van der Waals surface area contributed by atoms with Gasteiger partial charge >= 0.3 is 6.18 Å². The number of likely N-dealkylation sites (tertiary alicyclic amines) is 1. The summed E-state index contributed by atoms with van der Waals surface area (Å²) in [4.78, 5) is 2.07. The second-order valence-corrected chi connectivity index (χ2v) is 9.01. The molecule has 0 radical (unpaired) electrons. The molecule has 8 heteroatoms. The van der Waals surface area contributed by atoms with Gasteiger partial charge in [-0.3, -0.25) is 9.30 Å². The van der Waals surface area contributed by atoms with Crippen molar-refractivity contribution >= 4 is 5.65 Å². The Bertz CT molecular complexity index is 1080. The van der Waals surface area contributed by atoms with E-state index in [1.807, 2.05) is 18.2 Å². The Kier molecular flexibility index (Phi) is 5.45. The number of aromatic nitrogens is 3. The molecule has 5 rings (SSSR count).